The molecule has 3 atom stereocenters. The molecule has 1 fully saturated rings. The van der Waals surface area contributed by atoms with Gasteiger partial charge >= 0.3 is 12.1 Å². The van der Waals surface area contributed by atoms with Gasteiger partial charge in [0.1, 0.15) is 0 Å². The van der Waals surface area contributed by atoms with Gasteiger partial charge in [-0.1, -0.05) is 0 Å². The first-order valence-corrected chi connectivity index (χ1v) is 7.62. The van der Waals surface area contributed by atoms with E-state index in [9.17, 15) is 22.8 Å². The summed E-state index contributed by atoms with van der Waals surface area (Å²) in [7, 11) is 1.54. The van der Waals surface area contributed by atoms with Crippen LogP contribution in [0.5, 0.6) is 0 Å². The summed E-state index contributed by atoms with van der Waals surface area (Å²) in [6.45, 7) is 2.97. The van der Waals surface area contributed by atoms with E-state index < -0.39 is 35.9 Å². The quantitative estimate of drug-likeness (QED) is 0.875. The fraction of sp³-hybridized carbons (Fsp3) is 0.667. The lowest BCUT2D eigenvalue weighted by Crippen LogP contribution is -2.41. The molecule has 0 spiro atoms. The van der Waals surface area contributed by atoms with Crippen LogP contribution in [-0.2, 0) is 16.6 Å². The summed E-state index contributed by atoms with van der Waals surface area (Å²) in [4.78, 5) is 23.2. The van der Waals surface area contributed by atoms with Gasteiger partial charge in [-0.3, -0.25) is 14.3 Å². The molecule has 1 aliphatic rings. The molecule has 0 unspecified atom stereocenters. The Morgan fingerprint density at radius 2 is 1.88 bits per heavy atom. The van der Waals surface area contributed by atoms with E-state index in [2.05, 4.69) is 10.4 Å². The molecule has 1 amide bonds. The third-order valence-electron chi connectivity index (χ3n) is 4.62. The first-order chi connectivity index (χ1) is 11.0. The molecule has 134 valence electrons. The zero-order valence-electron chi connectivity index (χ0n) is 13.6. The second kappa shape index (κ2) is 6.45. The smallest absolute Gasteiger partial charge is 0.413 e. The van der Waals surface area contributed by atoms with Crippen molar-refractivity contribution in [2.45, 2.75) is 45.3 Å². The van der Waals surface area contributed by atoms with Gasteiger partial charge in [-0.05, 0) is 33.1 Å². The predicted molar refractivity (Wildman–Crippen MR) is 78.1 cm³/mol. The van der Waals surface area contributed by atoms with Gasteiger partial charge in [-0.25, -0.2) is 0 Å². The SMILES string of the molecule is Cc1nn(C)c(C)c1[C@H](NC(=O)[C@@H]1CC[C@H](C(=O)O)C1)C(F)(F)F. The molecule has 0 bridgehead atoms. The summed E-state index contributed by atoms with van der Waals surface area (Å²) < 4.78 is 41.8. The van der Waals surface area contributed by atoms with Crippen molar-refractivity contribution in [2.24, 2.45) is 18.9 Å². The summed E-state index contributed by atoms with van der Waals surface area (Å²) in [5.41, 5.74) is 0.462. The van der Waals surface area contributed by atoms with Crippen molar-refractivity contribution >= 4 is 11.9 Å². The van der Waals surface area contributed by atoms with Crippen molar-refractivity contribution in [1.29, 1.82) is 0 Å². The van der Waals surface area contributed by atoms with Crippen LogP contribution in [0, 0.1) is 25.7 Å². The number of hydrogen-bond acceptors (Lipinski definition) is 3. The molecule has 1 saturated carbocycles. The highest BCUT2D eigenvalue weighted by atomic mass is 19.4. The molecule has 9 heteroatoms. The number of hydrogen-bond donors (Lipinski definition) is 2. The van der Waals surface area contributed by atoms with Crippen molar-refractivity contribution in [3.05, 3.63) is 17.0 Å². The molecule has 1 heterocycles. The Morgan fingerprint density at radius 1 is 1.29 bits per heavy atom. The molecule has 0 aromatic carbocycles. The molecule has 2 rings (SSSR count). The topological polar surface area (TPSA) is 84.2 Å². The molecule has 1 aromatic rings. The zero-order valence-corrected chi connectivity index (χ0v) is 13.6. The molecule has 1 aromatic heterocycles. The van der Waals surface area contributed by atoms with Crippen LogP contribution in [0.4, 0.5) is 13.2 Å². The summed E-state index contributed by atoms with van der Waals surface area (Å²) in [6, 6.07) is -2.15. The van der Waals surface area contributed by atoms with Crippen molar-refractivity contribution in [1.82, 2.24) is 15.1 Å². The number of halogens is 3. The molecule has 1 aliphatic carbocycles. The minimum Gasteiger partial charge on any atom is -0.481 e. The van der Waals surface area contributed by atoms with Gasteiger partial charge < -0.3 is 10.4 Å². The second-order valence-corrected chi connectivity index (χ2v) is 6.24. The molecule has 0 aliphatic heterocycles. The lowest BCUT2D eigenvalue weighted by Gasteiger charge is -2.24. The standard InChI is InChI=1S/C15H20F3N3O3/c1-7-11(8(2)21(3)20-7)12(15(16,17)18)19-13(22)9-4-5-10(6-9)14(23)24/h9-10,12H,4-6H2,1-3H3,(H,19,22)(H,23,24)/t9-,10+,12+/m1/s1. The molecular weight excluding hydrogens is 327 g/mol. The van der Waals surface area contributed by atoms with E-state index in [0.29, 0.717) is 12.1 Å². The number of nitrogens with one attached hydrogen (secondary N) is 1. The maximum atomic E-state index is 13.5. The van der Waals surface area contributed by atoms with Crippen LogP contribution in [0.3, 0.4) is 0 Å². The Kier molecular flexibility index (Phi) is 4.91. The number of nitrogens with zero attached hydrogens (tertiary/aromatic N) is 2. The van der Waals surface area contributed by atoms with Gasteiger partial charge in [0, 0.05) is 24.2 Å². The number of aromatic nitrogens is 2. The minimum atomic E-state index is -4.67. The van der Waals surface area contributed by atoms with Crippen molar-refractivity contribution in [2.75, 3.05) is 0 Å². The van der Waals surface area contributed by atoms with Gasteiger partial charge in [-0.15, -0.1) is 0 Å². The van der Waals surface area contributed by atoms with Gasteiger partial charge in [0.25, 0.3) is 0 Å². The monoisotopic (exact) mass is 347 g/mol. The summed E-state index contributed by atoms with van der Waals surface area (Å²) in [6.07, 6.45) is -4.02. The van der Waals surface area contributed by atoms with E-state index in [1.807, 2.05) is 0 Å². The van der Waals surface area contributed by atoms with Crippen LogP contribution in [0.15, 0.2) is 0 Å². The zero-order chi connectivity index (χ0) is 18.2. The van der Waals surface area contributed by atoms with Gasteiger partial charge in [0.2, 0.25) is 5.91 Å². The van der Waals surface area contributed by atoms with E-state index in [1.165, 1.54) is 25.6 Å². The van der Waals surface area contributed by atoms with E-state index >= 15 is 0 Å². The second-order valence-electron chi connectivity index (χ2n) is 6.24. The Labute approximate surface area is 137 Å². The number of carboxylic acid groups (broad SMARTS) is 1. The Morgan fingerprint density at radius 3 is 2.29 bits per heavy atom. The highest BCUT2D eigenvalue weighted by molar-refractivity contribution is 5.81. The average molecular weight is 347 g/mol. The molecule has 0 saturated heterocycles. The number of rotatable bonds is 4. The van der Waals surface area contributed by atoms with E-state index in [-0.39, 0.29) is 24.1 Å². The van der Waals surface area contributed by atoms with E-state index in [0.717, 1.165) is 0 Å². The fourth-order valence-corrected chi connectivity index (χ4v) is 3.23. The lowest BCUT2D eigenvalue weighted by molar-refractivity contribution is -0.165. The van der Waals surface area contributed by atoms with Crippen LogP contribution in [0.1, 0.15) is 42.3 Å². The fourth-order valence-electron chi connectivity index (χ4n) is 3.23. The third-order valence-corrected chi connectivity index (χ3v) is 4.62. The average Bonchev–Trinajstić information content (AvgIpc) is 3.02. The first kappa shape index (κ1) is 18.3. The maximum Gasteiger partial charge on any atom is 0.413 e. The molecule has 24 heavy (non-hydrogen) atoms. The third kappa shape index (κ3) is 3.54. The Bertz CT molecular complexity index is 654. The minimum absolute atomic E-state index is 0.0638. The highest BCUT2D eigenvalue weighted by Gasteiger charge is 2.46. The molecule has 0 radical (unpaired) electrons. The van der Waals surface area contributed by atoms with Crippen LogP contribution in [0.25, 0.3) is 0 Å². The summed E-state index contributed by atoms with van der Waals surface area (Å²) in [5.74, 6) is -3.17. The number of carbonyl (C=O) groups is 2. The number of amides is 1. The van der Waals surface area contributed by atoms with Gasteiger partial charge in [-0.2, -0.15) is 18.3 Å². The Balaban J connectivity index is 2.22. The Hall–Kier alpha value is -2.06. The maximum absolute atomic E-state index is 13.5. The van der Waals surface area contributed by atoms with Crippen LogP contribution in [-0.4, -0.2) is 32.9 Å². The number of carbonyl (C=O) groups excluding carboxylic acids is 1. The number of aliphatic carboxylic acids is 1. The number of aryl methyl sites for hydroxylation is 2. The lowest BCUT2D eigenvalue weighted by atomic mass is 10.0. The van der Waals surface area contributed by atoms with Gasteiger partial charge in [0.15, 0.2) is 6.04 Å². The first-order valence-electron chi connectivity index (χ1n) is 7.62. The van der Waals surface area contributed by atoms with E-state index in [1.54, 1.807) is 0 Å². The molecular formula is C15H20F3N3O3. The van der Waals surface area contributed by atoms with Crippen LogP contribution < -0.4 is 5.32 Å². The van der Waals surface area contributed by atoms with Crippen molar-refractivity contribution in [3.63, 3.8) is 0 Å². The molecule has 2 N–H and O–H groups in total. The van der Waals surface area contributed by atoms with E-state index in [4.69, 9.17) is 5.11 Å². The number of alkyl halides is 3. The molecule has 6 nitrogen and oxygen atoms in total. The predicted octanol–water partition coefficient (Wildman–Crippen LogP) is 2.26. The van der Waals surface area contributed by atoms with Crippen LogP contribution >= 0.6 is 0 Å². The largest absolute Gasteiger partial charge is 0.481 e. The van der Waals surface area contributed by atoms with Crippen LogP contribution in [0.2, 0.25) is 0 Å². The normalized spacial score (nSPS) is 22.4. The van der Waals surface area contributed by atoms with Crippen molar-refractivity contribution < 1.29 is 27.9 Å². The summed E-state index contributed by atoms with van der Waals surface area (Å²) >= 11 is 0. The highest BCUT2D eigenvalue weighted by Crippen LogP contribution is 2.37. The van der Waals surface area contributed by atoms with Gasteiger partial charge in [0.05, 0.1) is 11.6 Å². The van der Waals surface area contributed by atoms with Crippen molar-refractivity contribution in [3.8, 4) is 0 Å². The number of carboxylic acids is 1. The summed E-state index contributed by atoms with van der Waals surface area (Å²) in [5, 5.41) is 15.0.